The van der Waals surface area contributed by atoms with Crippen LogP contribution in [0.4, 0.5) is 17.1 Å². The van der Waals surface area contributed by atoms with Crippen molar-refractivity contribution in [3.8, 4) is 5.75 Å². The number of rotatable bonds is 11. The average molecular weight is 504 g/mol. The van der Waals surface area contributed by atoms with Crippen LogP contribution < -0.4 is 9.64 Å². The number of nitrogens with zero attached hydrogens (tertiary/aromatic N) is 1. The average Bonchev–Trinajstić information content (AvgIpc) is 2.93. The third kappa shape index (κ3) is 7.01. The summed E-state index contributed by atoms with van der Waals surface area (Å²) in [4.78, 5) is 14.3. The van der Waals surface area contributed by atoms with Crippen LogP contribution in [-0.2, 0) is 17.6 Å². The van der Waals surface area contributed by atoms with Crippen LogP contribution in [0.3, 0.4) is 0 Å². The molecule has 0 radical (unpaired) electrons. The predicted molar refractivity (Wildman–Crippen MR) is 159 cm³/mol. The maximum atomic E-state index is 12.0. The molecule has 0 N–H and O–H groups in total. The van der Waals surface area contributed by atoms with Crippen molar-refractivity contribution < 1.29 is 9.53 Å². The minimum Gasteiger partial charge on any atom is -0.493 e. The molecule has 3 heteroatoms. The highest BCUT2D eigenvalue weighted by Gasteiger charge is 2.14. The first kappa shape index (κ1) is 26.9. The Morgan fingerprint density at radius 1 is 0.711 bits per heavy atom. The molecule has 38 heavy (non-hydrogen) atoms. The lowest BCUT2D eigenvalue weighted by atomic mass is 10.0. The van der Waals surface area contributed by atoms with Gasteiger partial charge in [-0.2, -0.15) is 0 Å². The zero-order chi connectivity index (χ0) is 27.1. The van der Waals surface area contributed by atoms with Gasteiger partial charge in [0.15, 0.2) is 5.78 Å². The van der Waals surface area contributed by atoms with Gasteiger partial charge in [0.2, 0.25) is 0 Å². The van der Waals surface area contributed by atoms with Gasteiger partial charge in [0.05, 0.1) is 12.5 Å². The lowest BCUT2D eigenvalue weighted by Gasteiger charge is -2.26. The Labute approximate surface area is 227 Å². The van der Waals surface area contributed by atoms with Crippen LogP contribution in [-0.4, -0.2) is 12.4 Å². The molecule has 0 aromatic heterocycles. The summed E-state index contributed by atoms with van der Waals surface area (Å²) in [6, 6.07) is 34.4. The molecule has 0 spiro atoms. The predicted octanol–water partition coefficient (Wildman–Crippen LogP) is 8.72. The molecular formula is C35H37NO2. The Bertz CT molecular complexity index is 1310. The molecular weight excluding hydrogens is 466 g/mol. The van der Waals surface area contributed by atoms with Crippen molar-refractivity contribution in [2.45, 2.75) is 40.5 Å². The molecule has 0 aliphatic carbocycles. The summed E-state index contributed by atoms with van der Waals surface area (Å²) in [6.45, 7) is 11.9. The van der Waals surface area contributed by atoms with Gasteiger partial charge in [0, 0.05) is 17.1 Å². The third-order valence-electron chi connectivity index (χ3n) is 6.77. The number of allylic oxidation sites excluding steroid dienone is 1. The fourth-order valence-electron chi connectivity index (χ4n) is 4.41. The molecule has 194 valence electrons. The summed E-state index contributed by atoms with van der Waals surface area (Å²) in [7, 11) is 0. The van der Waals surface area contributed by atoms with Crippen LogP contribution >= 0.6 is 0 Å². The number of hydrogen-bond acceptors (Lipinski definition) is 3. The van der Waals surface area contributed by atoms with Crippen molar-refractivity contribution in [3.05, 3.63) is 131 Å². The van der Waals surface area contributed by atoms with Gasteiger partial charge in [-0.15, -0.1) is 0 Å². The van der Waals surface area contributed by atoms with Gasteiger partial charge >= 0.3 is 0 Å². The molecule has 0 amide bonds. The highest BCUT2D eigenvalue weighted by atomic mass is 16.5. The monoisotopic (exact) mass is 503 g/mol. The number of Topliss-reactive ketones (excluding diaryl/α,β-unsaturated/α-hetero) is 1. The Balaban J connectivity index is 1.40. The third-order valence-corrected chi connectivity index (χ3v) is 6.77. The van der Waals surface area contributed by atoms with E-state index in [0.29, 0.717) is 12.2 Å². The van der Waals surface area contributed by atoms with Crippen LogP contribution in [0.1, 0.15) is 36.1 Å². The van der Waals surface area contributed by atoms with E-state index in [-0.39, 0.29) is 11.7 Å². The summed E-state index contributed by atoms with van der Waals surface area (Å²) in [6.07, 6.45) is 1.91. The quantitative estimate of drug-likeness (QED) is 0.192. The first-order valence-corrected chi connectivity index (χ1v) is 13.2. The van der Waals surface area contributed by atoms with E-state index < -0.39 is 0 Å². The second-order valence-corrected chi connectivity index (χ2v) is 10.2. The van der Waals surface area contributed by atoms with Gasteiger partial charge in [-0.1, -0.05) is 73.2 Å². The second kappa shape index (κ2) is 12.4. The van der Waals surface area contributed by atoms with Crippen LogP contribution in [0.15, 0.2) is 109 Å². The lowest BCUT2D eigenvalue weighted by molar-refractivity contribution is -0.119. The molecule has 0 fully saturated rings. The molecule has 0 heterocycles. The van der Waals surface area contributed by atoms with Gasteiger partial charge in [-0.25, -0.2) is 0 Å². The van der Waals surface area contributed by atoms with Crippen LogP contribution in [0.25, 0.3) is 0 Å². The van der Waals surface area contributed by atoms with E-state index in [1.807, 2.05) is 19.1 Å². The smallest absolute Gasteiger partial charge is 0.164 e. The first-order chi connectivity index (χ1) is 18.3. The minimum atomic E-state index is -0.192. The van der Waals surface area contributed by atoms with E-state index in [0.717, 1.165) is 35.7 Å². The van der Waals surface area contributed by atoms with E-state index in [4.69, 9.17) is 4.74 Å². The van der Waals surface area contributed by atoms with Crippen molar-refractivity contribution in [2.24, 2.45) is 5.92 Å². The topological polar surface area (TPSA) is 29.5 Å². The second-order valence-electron chi connectivity index (χ2n) is 10.2. The molecule has 0 saturated carbocycles. The molecule has 0 aliphatic heterocycles. The van der Waals surface area contributed by atoms with Gasteiger partial charge in [-0.05, 0) is 98.8 Å². The standard InChI is InChI=1S/C35H37NO2/c1-25(2)35(37)28(5)24-38-34-22-14-30(15-23-34)11-10-29-12-20-33(21-13-29)36(31-16-6-26(3)7-17-31)32-18-8-27(4)9-19-32/h6-9,12-23,28H,1,10-11,24H2,2-5H3. The summed E-state index contributed by atoms with van der Waals surface area (Å²) < 4.78 is 5.81. The van der Waals surface area contributed by atoms with Crippen LogP contribution in [0.5, 0.6) is 5.75 Å². The van der Waals surface area contributed by atoms with E-state index in [9.17, 15) is 4.79 Å². The molecule has 3 nitrogen and oxygen atoms in total. The number of anilines is 3. The van der Waals surface area contributed by atoms with Gasteiger partial charge in [0.1, 0.15) is 5.75 Å². The van der Waals surface area contributed by atoms with Crippen molar-refractivity contribution in [1.29, 1.82) is 0 Å². The largest absolute Gasteiger partial charge is 0.493 e. The first-order valence-electron chi connectivity index (χ1n) is 13.2. The van der Waals surface area contributed by atoms with E-state index >= 15 is 0 Å². The Hall–Kier alpha value is -4.11. The zero-order valence-corrected chi connectivity index (χ0v) is 22.9. The number of ketones is 1. The van der Waals surface area contributed by atoms with Gasteiger partial charge in [0.25, 0.3) is 0 Å². The minimum absolute atomic E-state index is 0.0495. The highest BCUT2D eigenvalue weighted by Crippen LogP contribution is 2.34. The fraction of sp³-hybridized carbons (Fsp3) is 0.229. The molecule has 1 unspecified atom stereocenters. The molecule has 4 rings (SSSR count). The highest BCUT2D eigenvalue weighted by molar-refractivity contribution is 5.95. The number of carbonyl (C=O) groups is 1. The maximum absolute atomic E-state index is 12.0. The SMILES string of the molecule is C=C(C)C(=O)C(C)COc1ccc(CCc2ccc(N(c3ccc(C)cc3)c3ccc(C)cc3)cc2)cc1. The van der Waals surface area contributed by atoms with Gasteiger partial charge in [-0.3, -0.25) is 4.79 Å². The van der Waals surface area contributed by atoms with Gasteiger partial charge < -0.3 is 9.64 Å². The zero-order valence-electron chi connectivity index (χ0n) is 22.9. The number of aryl methyl sites for hydroxylation is 4. The fourth-order valence-corrected chi connectivity index (χ4v) is 4.41. The van der Waals surface area contributed by atoms with E-state index in [1.54, 1.807) is 6.92 Å². The molecule has 0 aliphatic rings. The number of carbonyl (C=O) groups excluding carboxylic acids is 1. The maximum Gasteiger partial charge on any atom is 0.164 e. The summed E-state index contributed by atoms with van der Waals surface area (Å²) >= 11 is 0. The van der Waals surface area contributed by atoms with Crippen LogP contribution in [0.2, 0.25) is 0 Å². The number of hydrogen-bond donors (Lipinski definition) is 0. The molecule has 1 atom stereocenters. The van der Waals surface area contributed by atoms with Crippen molar-refractivity contribution in [1.82, 2.24) is 0 Å². The summed E-state index contributed by atoms with van der Waals surface area (Å²) in [5, 5.41) is 0. The Morgan fingerprint density at radius 2 is 1.11 bits per heavy atom. The summed E-state index contributed by atoms with van der Waals surface area (Å²) in [5.74, 6) is 0.642. The van der Waals surface area contributed by atoms with E-state index in [1.165, 1.54) is 22.3 Å². The molecule has 4 aromatic rings. The number of ether oxygens (including phenoxy) is 1. The van der Waals surface area contributed by atoms with Crippen molar-refractivity contribution in [3.63, 3.8) is 0 Å². The lowest BCUT2D eigenvalue weighted by Crippen LogP contribution is -2.19. The normalized spacial score (nSPS) is 11.6. The number of benzene rings is 4. The molecule has 0 bridgehead atoms. The molecule has 0 saturated heterocycles. The Kier molecular flexibility index (Phi) is 8.81. The van der Waals surface area contributed by atoms with E-state index in [2.05, 4.69) is 110 Å². The Morgan fingerprint density at radius 3 is 1.53 bits per heavy atom. The van der Waals surface area contributed by atoms with Crippen molar-refractivity contribution >= 4 is 22.8 Å². The molecule has 4 aromatic carbocycles. The van der Waals surface area contributed by atoms with Crippen molar-refractivity contribution in [2.75, 3.05) is 11.5 Å². The summed E-state index contributed by atoms with van der Waals surface area (Å²) in [5.41, 5.74) is 9.06. The van der Waals surface area contributed by atoms with Crippen LogP contribution in [0, 0.1) is 19.8 Å².